The highest BCUT2D eigenvalue weighted by Gasteiger charge is 2.53. The van der Waals surface area contributed by atoms with E-state index in [0.29, 0.717) is 37.2 Å². The van der Waals surface area contributed by atoms with Crippen molar-refractivity contribution in [2.45, 2.75) is 115 Å². The maximum atomic E-state index is 13.7. The van der Waals surface area contributed by atoms with Gasteiger partial charge in [0.2, 0.25) is 17.7 Å². The van der Waals surface area contributed by atoms with Gasteiger partial charge in [0.1, 0.15) is 17.6 Å². The third-order valence-corrected chi connectivity index (χ3v) is 11.9. The topological polar surface area (TPSA) is 163 Å². The fraction of sp³-hybridized carbons (Fsp3) is 0.575. The summed E-state index contributed by atoms with van der Waals surface area (Å²) in [7, 11) is 0. The van der Waals surface area contributed by atoms with E-state index in [-0.39, 0.29) is 65.7 Å². The molecule has 18 heteroatoms. The first-order valence-corrected chi connectivity index (χ1v) is 20.1. The van der Waals surface area contributed by atoms with Gasteiger partial charge in [-0.05, 0) is 103 Å². The molecule has 14 nitrogen and oxygen atoms in total. The van der Waals surface area contributed by atoms with Crippen LogP contribution in [-0.2, 0) is 30.1 Å². The molecule has 6 rings (SSSR count). The molecule has 0 radical (unpaired) electrons. The van der Waals surface area contributed by atoms with Crippen LogP contribution in [0.3, 0.4) is 0 Å². The Hall–Kier alpha value is -4.70. The summed E-state index contributed by atoms with van der Waals surface area (Å²) in [4.78, 5) is 61.5. The Labute approximate surface area is 341 Å². The minimum atomic E-state index is -4.82. The number of carbonyl (C=O) groups is 4. The van der Waals surface area contributed by atoms with Gasteiger partial charge in [-0.3, -0.25) is 34.3 Å². The van der Waals surface area contributed by atoms with E-state index in [4.69, 9.17) is 22.2 Å². The summed E-state index contributed by atoms with van der Waals surface area (Å²) < 4.78 is 47.3. The summed E-state index contributed by atoms with van der Waals surface area (Å²) in [5.74, 6) is -1.22. The SMILES string of the molecule is C[C@@H]1CN(CCCO[C@H]2CC[C@H](N3C(=S)N(c4cnc(C#N)c(C(F)(F)F)c4)C(=O)C3(C)C)CC2)C[C@H](C)N1CC(=O)Nc1cccc(NC2CCC(=O)NC2=O)c1. The van der Waals surface area contributed by atoms with E-state index in [0.717, 1.165) is 56.1 Å². The van der Waals surface area contributed by atoms with Crippen LogP contribution in [0.4, 0.5) is 30.2 Å². The Kier molecular flexibility index (Phi) is 13.1. The molecule has 3 saturated heterocycles. The number of benzene rings is 1. The van der Waals surface area contributed by atoms with Crippen LogP contribution in [0.5, 0.6) is 0 Å². The van der Waals surface area contributed by atoms with Gasteiger partial charge < -0.3 is 25.2 Å². The number of carbonyl (C=O) groups excluding carboxylic acids is 4. The lowest BCUT2D eigenvalue weighted by atomic mass is 9.89. The first-order chi connectivity index (χ1) is 27.5. The lowest BCUT2D eigenvalue weighted by molar-refractivity contribution is -0.138. The predicted octanol–water partition coefficient (Wildman–Crippen LogP) is 4.65. The number of amides is 4. The predicted molar refractivity (Wildman–Crippen MR) is 214 cm³/mol. The third kappa shape index (κ3) is 9.60. The first kappa shape index (κ1) is 42.9. The molecule has 1 aromatic carbocycles. The second kappa shape index (κ2) is 17.7. The van der Waals surface area contributed by atoms with Gasteiger partial charge >= 0.3 is 6.18 Å². The number of thiocarbonyl (C=S) groups is 1. The zero-order valence-electron chi connectivity index (χ0n) is 33.1. The number of hydrogen-bond acceptors (Lipinski definition) is 11. The van der Waals surface area contributed by atoms with Crippen molar-refractivity contribution in [2.75, 3.05) is 48.3 Å². The molecule has 1 aromatic heterocycles. The van der Waals surface area contributed by atoms with Crippen LogP contribution < -0.4 is 20.9 Å². The van der Waals surface area contributed by atoms with Crippen LogP contribution in [0.15, 0.2) is 36.5 Å². The van der Waals surface area contributed by atoms with Gasteiger partial charge in [0.05, 0.1) is 30.1 Å². The zero-order chi connectivity index (χ0) is 41.9. The number of imide groups is 1. The van der Waals surface area contributed by atoms with Gasteiger partial charge in [-0.1, -0.05) is 6.07 Å². The number of halogens is 3. The monoisotopic (exact) mass is 825 g/mol. The number of piperidine rings is 1. The average Bonchev–Trinajstić information content (AvgIpc) is 3.34. The second-order valence-electron chi connectivity index (χ2n) is 16.1. The van der Waals surface area contributed by atoms with Crippen LogP contribution in [0.25, 0.3) is 0 Å². The normalized spacial score (nSPS) is 25.7. The van der Waals surface area contributed by atoms with Gasteiger partial charge in [0.25, 0.3) is 5.91 Å². The summed E-state index contributed by atoms with van der Waals surface area (Å²) in [6.07, 6.45) is 0.718. The molecule has 58 heavy (non-hydrogen) atoms. The number of nitriles is 1. The number of aromatic nitrogens is 1. The number of rotatable bonds is 12. The fourth-order valence-electron chi connectivity index (χ4n) is 8.59. The quantitative estimate of drug-likeness (QED) is 0.155. The molecule has 3 N–H and O–H groups in total. The highest BCUT2D eigenvalue weighted by Crippen LogP contribution is 2.40. The standard InChI is InChI=1S/C40H50F3N9O5S/c1-24-21-49(22-25(2)50(24)23-35(54)47-27-8-5-7-26(17-27)46-32-13-14-34(53)48-36(32)55)15-6-16-57-30-11-9-28(10-12-30)52-38(58)51(37(56)39(52,3)4)29-18-31(40(41,42)43)33(19-44)45-20-29/h5,7-8,17-18,20,24-25,28,30,32,46H,6,9-16,21-23H2,1-4H3,(H,47,54)(H,48,53,55)/t24-,25+,28-,30-,32?. The number of alkyl halides is 3. The number of piperazine rings is 1. The van der Waals surface area contributed by atoms with Crippen LogP contribution in [0, 0.1) is 11.3 Å². The van der Waals surface area contributed by atoms with E-state index in [9.17, 15) is 32.3 Å². The summed E-state index contributed by atoms with van der Waals surface area (Å²) in [6, 6.07) is 9.09. The van der Waals surface area contributed by atoms with Crippen LogP contribution >= 0.6 is 12.2 Å². The van der Waals surface area contributed by atoms with E-state index in [1.54, 1.807) is 32.0 Å². The number of ether oxygens (including phenoxy) is 1. The molecule has 3 aliphatic heterocycles. The van der Waals surface area contributed by atoms with Crippen LogP contribution in [0.1, 0.15) is 83.9 Å². The maximum absolute atomic E-state index is 13.7. The van der Waals surface area contributed by atoms with Gasteiger partial charge in [-0.15, -0.1) is 0 Å². The summed E-state index contributed by atoms with van der Waals surface area (Å²) in [5, 5.41) is 17.7. The summed E-state index contributed by atoms with van der Waals surface area (Å²) >= 11 is 5.71. The highest BCUT2D eigenvalue weighted by atomic mass is 32.1. The van der Waals surface area contributed by atoms with E-state index < -0.39 is 34.9 Å². The van der Waals surface area contributed by atoms with Gasteiger partial charge in [-0.2, -0.15) is 18.4 Å². The number of anilines is 3. The first-order valence-electron chi connectivity index (χ1n) is 19.7. The number of pyridine rings is 1. The van der Waals surface area contributed by atoms with Crippen molar-refractivity contribution in [1.29, 1.82) is 5.26 Å². The fourth-order valence-corrected chi connectivity index (χ4v) is 9.15. The van der Waals surface area contributed by atoms with E-state index >= 15 is 0 Å². The largest absolute Gasteiger partial charge is 0.419 e. The Morgan fingerprint density at radius 3 is 2.41 bits per heavy atom. The molecule has 4 aliphatic rings. The van der Waals surface area contributed by atoms with E-state index in [1.165, 1.54) is 6.07 Å². The summed E-state index contributed by atoms with van der Waals surface area (Å²) in [5.41, 5.74) is -1.90. The Morgan fingerprint density at radius 1 is 1.07 bits per heavy atom. The van der Waals surface area contributed by atoms with Crippen molar-refractivity contribution in [3.63, 3.8) is 0 Å². The molecular formula is C40H50F3N9O5S. The van der Waals surface area contributed by atoms with Crippen molar-refractivity contribution in [1.82, 2.24) is 25.0 Å². The lowest BCUT2D eigenvalue weighted by Gasteiger charge is -2.44. The minimum Gasteiger partial charge on any atom is -0.378 e. The highest BCUT2D eigenvalue weighted by molar-refractivity contribution is 7.80. The number of hydrogen-bond donors (Lipinski definition) is 3. The van der Waals surface area contributed by atoms with Crippen molar-refractivity contribution >= 4 is 58.0 Å². The van der Waals surface area contributed by atoms with Crippen molar-refractivity contribution in [3.05, 3.63) is 47.8 Å². The Morgan fingerprint density at radius 2 is 1.76 bits per heavy atom. The Balaban J connectivity index is 0.919. The van der Waals surface area contributed by atoms with Crippen LogP contribution in [-0.4, -0.2) is 117 Å². The molecule has 3 atom stereocenters. The average molecular weight is 826 g/mol. The molecule has 4 amide bonds. The molecule has 1 unspecified atom stereocenters. The maximum Gasteiger partial charge on any atom is 0.419 e. The van der Waals surface area contributed by atoms with Gasteiger partial charge in [-0.25, -0.2) is 4.98 Å². The molecule has 4 fully saturated rings. The third-order valence-electron chi connectivity index (χ3n) is 11.5. The number of nitrogens with zero attached hydrogens (tertiary/aromatic N) is 6. The van der Waals surface area contributed by atoms with Crippen LogP contribution in [0.2, 0.25) is 0 Å². The van der Waals surface area contributed by atoms with Crippen molar-refractivity contribution in [2.24, 2.45) is 0 Å². The molecule has 4 heterocycles. The molecule has 2 aromatic rings. The zero-order valence-corrected chi connectivity index (χ0v) is 33.9. The van der Waals surface area contributed by atoms with Gasteiger partial charge in [0.15, 0.2) is 10.8 Å². The second-order valence-corrected chi connectivity index (χ2v) is 16.5. The molecule has 0 bridgehead atoms. The Bertz CT molecular complexity index is 1940. The number of nitrogens with one attached hydrogen (secondary N) is 3. The minimum absolute atomic E-state index is 0.0431. The van der Waals surface area contributed by atoms with E-state index in [2.05, 4.69) is 44.6 Å². The lowest BCUT2D eigenvalue weighted by Crippen LogP contribution is -2.58. The molecular weight excluding hydrogens is 776 g/mol. The molecule has 0 spiro atoms. The van der Waals surface area contributed by atoms with Crippen molar-refractivity contribution in [3.8, 4) is 6.07 Å². The molecule has 312 valence electrons. The van der Waals surface area contributed by atoms with E-state index in [1.807, 2.05) is 11.0 Å². The smallest absolute Gasteiger partial charge is 0.378 e. The summed E-state index contributed by atoms with van der Waals surface area (Å²) in [6.45, 7) is 11.0. The van der Waals surface area contributed by atoms with Gasteiger partial charge in [0, 0.05) is 62.2 Å². The molecule has 1 aliphatic carbocycles. The van der Waals surface area contributed by atoms with Crippen molar-refractivity contribution < 1.29 is 37.1 Å². The molecule has 1 saturated carbocycles.